The van der Waals surface area contributed by atoms with Crippen LogP contribution in [0.15, 0.2) is 29.2 Å². The summed E-state index contributed by atoms with van der Waals surface area (Å²) in [5.41, 5.74) is 0.462. The summed E-state index contributed by atoms with van der Waals surface area (Å²) in [5.74, 6) is 3.45. The van der Waals surface area contributed by atoms with Crippen LogP contribution in [0.1, 0.15) is 10.4 Å². The summed E-state index contributed by atoms with van der Waals surface area (Å²) in [6.45, 7) is 2.52. The quantitative estimate of drug-likeness (QED) is 0.807. The van der Waals surface area contributed by atoms with Gasteiger partial charge in [-0.05, 0) is 18.2 Å². The molecule has 0 atom stereocenters. The van der Waals surface area contributed by atoms with Gasteiger partial charge in [-0.3, -0.25) is 4.79 Å². The number of nitrogens with zero attached hydrogens (tertiary/aromatic N) is 2. The van der Waals surface area contributed by atoms with E-state index in [0.717, 1.165) is 36.1 Å². The normalized spacial score (nSPS) is 20.4. The Hall–Kier alpha value is -0.700. The highest BCUT2D eigenvalue weighted by atomic mass is 32.2. The molecule has 126 valence electrons. The smallest absolute Gasteiger partial charge is 0.253 e. The van der Waals surface area contributed by atoms with E-state index >= 15 is 0 Å². The number of carbonyl (C=O) groups is 1. The van der Waals surface area contributed by atoms with Gasteiger partial charge in [0.25, 0.3) is 5.91 Å². The highest BCUT2D eigenvalue weighted by Crippen LogP contribution is 2.22. The maximum absolute atomic E-state index is 12.7. The Balaban J connectivity index is 1.82. The molecule has 2 aliphatic heterocycles. The zero-order valence-electron chi connectivity index (χ0n) is 12.8. The average Bonchev–Trinajstić information content (AvgIpc) is 2.62. The molecular formula is C15H20N2O3S3. The molecule has 3 rings (SSSR count). The van der Waals surface area contributed by atoms with Crippen molar-refractivity contribution in [2.45, 2.75) is 4.90 Å². The molecule has 0 bridgehead atoms. The highest BCUT2D eigenvalue weighted by Gasteiger charge is 2.27. The highest BCUT2D eigenvalue weighted by molar-refractivity contribution is 7.99. The fraction of sp³-hybridized carbons (Fsp3) is 0.533. The summed E-state index contributed by atoms with van der Waals surface area (Å²) in [5, 5.41) is 0. The number of thioether (sulfide) groups is 2. The van der Waals surface area contributed by atoms with Crippen LogP contribution in [0.5, 0.6) is 0 Å². The standard InChI is InChI=1S/C15H20N2O3S3/c18-15(16-4-8-21-9-5-16)13-2-1-3-14(12-13)23(19,20)17-6-10-22-11-7-17/h1-3,12H,4-11H2. The second-order valence-corrected chi connectivity index (χ2v) is 9.84. The van der Waals surface area contributed by atoms with Gasteiger partial charge in [-0.15, -0.1) is 0 Å². The monoisotopic (exact) mass is 372 g/mol. The molecule has 5 nitrogen and oxygen atoms in total. The van der Waals surface area contributed by atoms with E-state index in [4.69, 9.17) is 0 Å². The zero-order chi connectivity index (χ0) is 16.3. The number of hydrogen-bond acceptors (Lipinski definition) is 5. The van der Waals surface area contributed by atoms with E-state index in [1.165, 1.54) is 10.4 Å². The second-order valence-electron chi connectivity index (χ2n) is 5.45. The first kappa shape index (κ1) is 17.1. The summed E-state index contributed by atoms with van der Waals surface area (Å²) in [6.07, 6.45) is 0. The van der Waals surface area contributed by atoms with Crippen LogP contribution in [0, 0.1) is 0 Å². The molecule has 0 N–H and O–H groups in total. The molecule has 0 aromatic heterocycles. The third-order valence-corrected chi connectivity index (χ3v) is 7.77. The van der Waals surface area contributed by atoms with E-state index < -0.39 is 10.0 Å². The largest absolute Gasteiger partial charge is 0.337 e. The summed E-state index contributed by atoms with van der Waals surface area (Å²) in [7, 11) is -3.50. The van der Waals surface area contributed by atoms with Gasteiger partial charge in [0, 0.05) is 54.8 Å². The van der Waals surface area contributed by atoms with Gasteiger partial charge in [0.1, 0.15) is 0 Å². The lowest BCUT2D eigenvalue weighted by Crippen LogP contribution is -2.39. The number of carbonyl (C=O) groups excluding carboxylic acids is 1. The summed E-state index contributed by atoms with van der Waals surface area (Å²) < 4.78 is 27.0. The molecule has 2 saturated heterocycles. The third-order valence-electron chi connectivity index (χ3n) is 3.99. The van der Waals surface area contributed by atoms with Crippen LogP contribution in [0.25, 0.3) is 0 Å². The Morgan fingerprint density at radius 1 is 0.957 bits per heavy atom. The fourth-order valence-corrected chi connectivity index (χ4v) is 6.20. The molecule has 8 heteroatoms. The van der Waals surface area contributed by atoms with E-state index in [2.05, 4.69) is 0 Å². The first-order chi connectivity index (χ1) is 11.1. The van der Waals surface area contributed by atoms with E-state index in [1.54, 1.807) is 34.9 Å². The minimum atomic E-state index is -3.50. The van der Waals surface area contributed by atoms with E-state index in [0.29, 0.717) is 18.7 Å². The molecule has 0 spiro atoms. The maximum Gasteiger partial charge on any atom is 0.253 e. The molecule has 2 fully saturated rings. The van der Waals surface area contributed by atoms with Crippen molar-refractivity contribution in [3.8, 4) is 0 Å². The third kappa shape index (κ3) is 3.87. The number of amides is 1. The molecule has 0 saturated carbocycles. The molecule has 1 aromatic carbocycles. The lowest BCUT2D eigenvalue weighted by molar-refractivity contribution is 0.0772. The van der Waals surface area contributed by atoms with Crippen LogP contribution < -0.4 is 0 Å². The Labute approximate surface area is 145 Å². The Morgan fingerprint density at radius 2 is 1.57 bits per heavy atom. The van der Waals surface area contributed by atoms with Gasteiger partial charge in [-0.2, -0.15) is 27.8 Å². The van der Waals surface area contributed by atoms with Crippen molar-refractivity contribution in [3.63, 3.8) is 0 Å². The minimum absolute atomic E-state index is 0.0726. The van der Waals surface area contributed by atoms with Crippen LogP contribution in [0.4, 0.5) is 0 Å². The molecule has 0 aliphatic carbocycles. The topological polar surface area (TPSA) is 57.7 Å². The van der Waals surface area contributed by atoms with Crippen LogP contribution >= 0.6 is 23.5 Å². The van der Waals surface area contributed by atoms with Gasteiger partial charge in [0.15, 0.2) is 0 Å². The predicted octanol–water partition coefficient (Wildman–Crippen LogP) is 1.61. The predicted molar refractivity (Wildman–Crippen MR) is 95.8 cm³/mol. The van der Waals surface area contributed by atoms with Crippen LogP contribution in [-0.2, 0) is 10.0 Å². The van der Waals surface area contributed by atoms with Crippen molar-refractivity contribution >= 4 is 39.5 Å². The van der Waals surface area contributed by atoms with Crippen molar-refractivity contribution in [1.29, 1.82) is 0 Å². The van der Waals surface area contributed by atoms with Gasteiger partial charge < -0.3 is 4.90 Å². The molecule has 2 aliphatic rings. The number of rotatable bonds is 3. The molecule has 0 unspecified atom stereocenters. The van der Waals surface area contributed by atoms with E-state index in [9.17, 15) is 13.2 Å². The molecule has 23 heavy (non-hydrogen) atoms. The Kier molecular flexibility index (Phi) is 5.56. The Morgan fingerprint density at radius 3 is 2.22 bits per heavy atom. The molecule has 1 aromatic rings. The Bertz CT molecular complexity index is 666. The molecule has 2 heterocycles. The minimum Gasteiger partial charge on any atom is -0.337 e. The fourth-order valence-electron chi connectivity index (χ4n) is 2.67. The van der Waals surface area contributed by atoms with Gasteiger partial charge in [0.05, 0.1) is 4.90 Å². The number of benzene rings is 1. The number of hydrogen-bond donors (Lipinski definition) is 0. The van der Waals surface area contributed by atoms with Gasteiger partial charge in [-0.1, -0.05) is 6.07 Å². The molecule has 1 amide bonds. The van der Waals surface area contributed by atoms with Gasteiger partial charge in [-0.25, -0.2) is 8.42 Å². The first-order valence-electron chi connectivity index (χ1n) is 7.64. The van der Waals surface area contributed by atoms with Gasteiger partial charge >= 0.3 is 0 Å². The van der Waals surface area contributed by atoms with Crippen molar-refractivity contribution in [1.82, 2.24) is 9.21 Å². The van der Waals surface area contributed by atoms with Crippen LogP contribution in [-0.4, -0.2) is 72.7 Å². The number of sulfonamides is 1. The van der Waals surface area contributed by atoms with E-state index in [1.807, 2.05) is 11.8 Å². The van der Waals surface area contributed by atoms with Crippen molar-refractivity contribution in [3.05, 3.63) is 29.8 Å². The average molecular weight is 373 g/mol. The van der Waals surface area contributed by atoms with Crippen LogP contribution in [0.2, 0.25) is 0 Å². The lowest BCUT2D eigenvalue weighted by Gasteiger charge is -2.27. The lowest BCUT2D eigenvalue weighted by atomic mass is 10.2. The summed E-state index contributed by atoms with van der Waals surface area (Å²) >= 11 is 3.61. The zero-order valence-corrected chi connectivity index (χ0v) is 15.3. The molecular weight excluding hydrogens is 352 g/mol. The first-order valence-corrected chi connectivity index (χ1v) is 11.4. The van der Waals surface area contributed by atoms with Crippen molar-refractivity contribution in [2.24, 2.45) is 0 Å². The van der Waals surface area contributed by atoms with Crippen LogP contribution in [0.3, 0.4) is 0 Å². The van der Waals surface area contributed by atoms with E-state index in [-0.39, 0.29) is 10.8 Å². The summed E-state index contributed by atoms with van der Waals surface area (Å²) in [4.78, 5) is 14.6. The maximum atomic E-state index is 12.7. The SMILES string of the molecule is O=C(c1cccc(S(=O)(=O)N2CCSCC2)c1)N1CCSCC1. The van der Waals surface area contributed by atoms with Crippen molar-refractivity contribution in [2.75, 3.05) is 49.2 Å². The van der Waals surface area contributed by atoms with Crippen molar-refractivity contribution < 1.29 is 13.2 Å². The second kappa shape index (κ2) is 7.46. The molecule has 0 radical (unpaired) electrons. The van der Waals surface area contributed by atoms with Gasteiger partial charge in [0.2, 0.25) is 10.0 Å². The summed E-state index contributed by atoms with van der Waals surface area (Å²) in [6, 6.07) is 6.48.